The van der Waals surface area contributed by atoms with Gasteiger partial charge in [-0.3, -0.25) is 9.36 Å². The van der Waals surface area contributed by atoms with Gasteiger partial charge in [0, 0.05) is 10.7 Å². The Bertz CT molecular complexity index is 881. The number of hydrogen-bond acceptors (Lipinski definition) is 4. The molecule has 0 bridgehead atoms. The number of benzene rings is 2. The van der Waals surface area contributed by atoms with Crippen molar-refractivity contribution in [2.75, 3.05) is 11.1 Å². The monoisotopic (exact) mass is 372 g/mol. The molecule has 0 saturated carbocycles. The van der Waals surface area contributed by atoms with Gasteiger partial charge in [-0.05, 0) is 36.2 Å². The number of para-hydroxylation sites is 1. The smallest absolute Gasteiger partial charge is 0.234 e. The minimum atomic E-state index is -0.0773. The molecule has 0 saturated heterocycles. The van der Waals surface area contributed by atoms with Crippen LogP contribution in [0.3, 0.4) is 0 Å². The Hall–Kier alpha value is -2.31. The molecule has 0 aliphatic heterocycles. The van der Waals surface area contributed by atoms with Crippen LogP contribution in [-0.4, -0.2) is 26.4 Å². The summed E-state index contributed by atoms with van der Waals surface area (Å²) >= 11 is 7.36. The van der Waals surface area contributed by atoms with Crippen LogP contribution in [0.2, 0.25) is 5.02 Å². The molecule has 25 heavy (non-hydrogen) atoms. The maximum atomic E-state index is 12.3. The zero-order chi connectivity index (χ0) is 17.6. The minimum absolute atomic E-state index is 0.0773. The van der Waals surface area contributed by atoms with E-state index in [1.807, 2.05) is 47.0 Å². The van der Waals surface area contributed by atoms with Gasteiger partial charge in [0.1, 0.15) is 6.33 Å². The zero-order valence-corrected chi connectivity index (χ0v) is 15.2. The van der Waals surface area contributed by atoms with E-state index >= 15 is 0 Å². The first-order valence-electron chi connectivity index (χ1n) is 7.84. The van der Waals surface area contributed by atoms with Gasteiger partial charge in [-0.1, -0.05) is 54.6 Å². The highest BCUT2D eigenvalue weighted by atomic mass is 35.5. The van der Waals surface area contributed by atoms with E-state index in [-0.39, 0.29) is 11.7 Å². The summed E-state index contributed by atoms with van der Waals surface area (Å²) < 4.78 is 1.81. The van der Waals surface area contributed by atoms with Crippen molar-refractivity contribution < 1.29 is 4.79 Å². The Morgan fingerprint density at radius 2 is 2.08 bits per heavy atom. The molecule has 1 heterocycles. The summed E-state index contributed by atoms with van der Waals surface area (Å²) in [4.78, 5) is 12.3. The van der Waals surface area contributed by atoms with E-state index in [2.05, 4.69) is 22.4 Å². The Labute approximate surface area is 155 Å². The second kappa shape index (κ2) is 8.18. The molecule has 1 aromatic heterocycles. The number of aryl methyl sites for hydroxylation is 1. The van der Waals surface area contributed by atoms with Gasteiger partial charge < -0.3 is 5.32 Å². The lowest BCUT2D eigenvalue weighted by Gasteiger charge is -2.10. The molecule has 128 valence electrons. The van der Waals surface area contributed by atoms with Crippen molar-refractivity contribution in [3.8, 4) is 5.69 Å². The summed E-state index contributed by atoms with van der Waals surface area (Å²) in [5, 5.41) is 12.3. The quantitative estimate of drug-likeness (QED) is 0.658. The van der Waals surface area contributed by atoms with Gasteiger partial charge in [-0.15, -0.1) is 10.2 Å². The molecule has 3 aromatic rings. The van der Waals surface area contributed by atoms with E-state index in [4.69, 9.17) is 11.6 Å². The number of hydrogen-bond donors (Lipinski definition) is 1. The summed E-state index contributed by atoms with van der Waals surface area (Å²) in [6.07, 6.45) is 2.48. The van der Waals surface area contributed by atoms with Crippen LogP contribution < -0.4 is 5.32 Å². The van der Waals surface area contributed by atoms with E-state index < -0.39 is 0 Å². The molecule has 1 amide bonds. The molecule has 7 heteroatoms. The van der Waals surface area contributed by atoms with Crippen molar-refractivity contribution in [1.82, 2.24) is 14.8 Å². The van der Waals surface area contributed by atoms with Crippen LogP contribution in [0.5, 0.6) is 0 Å². The first-order chi connectivity index (χ1) is 12.2. The average Bonchev–Trinajstić information content (AvgIpc) is 3.09. The molecule has 0 atom stereocenters. The predicted octanol–water partition coefficient (Wildman–Crippen LogP) is 4.21. The summed E-state index contributed by atoms with van der Waals surface area (Å²) in [6, 6.07) is 15.2. The predicted molar refractivity (Wildman–Crippen MR) is 102 cm³/mol. The van der Waals surface area contributed by atoms with Crippen LogP contribution >= 0.6 is 23.4 Å². The van der Waals surface area contributed by atoms with E-state index in [0.717, 1.165) is 23.4 Å². The summed E-state index contributed by atoms with van der Waals surface area (Å²) in [5.74, 6) is 0.170. The van der Waals surface area contributed by atoms with Crippen LogP contribution in [0.1, 0.15) is 12.5 Å². The van der Waals surface area contributed by atoms with Crippen molar-refractivity contribution in [3.05, 3.63) is 65.4 Å². The van der Waals surface area contributed by atoms with Crippen molar-refractivity contribution in [1.29, 1.82) is 0 Å². The van der Waals surface area contributed by atoms with Gasteiger partial charge in [0.25, 0.3) is 0 Å². The van der Waals surface area contributed by atoms with Gasteiger partial charge in [0.05, 0.1) is 11.4 Å². The Morgan fingerprint density at radius 3 is 2.88 bits per heavy atom. The fourth-order valence-electron chi connectivity index (χ4n) is 2.39. The number of thioether (sulfide) groups is 1. The topological polar surface area (TPSA) is 59.8 Å². The fourth-order valence-corrected chi connectivity index (χ4v) is 3.31. The molecule has 5 nitrogen and oxygen atoms in total. The second-order valence-corrected chi connectivity index (χ2v) is 6.69. The lowest BCUT2D eigenvalue weighted by molar-refractivity contribution is -0.113. The molecular weight excluding hydrogens is 356 g/mol. The highest BCUT2D eigenvalue weighted by Crippen LogP contribution is 2.22. The van der Waals surface area contributed by atoms with Crippen LogP contribution in [-0.2, 0) is 11.2 Å². The number of rotatable bonds is 6. The number of halogens is 1. The van der Waals surface area contributed by atoms with Gasteiger partial charge >= 0.3 is 0 Å². The second-order valence-electron chi connectivity index (χ2n) is 5.31. The lowest BCUT2D eigenvalue weighted by Crippen LogP contribution is -2.15. The summed E-state index contributed by atoms with van der Waals surface area (Å²) in [7, 11) is 0. The highest BCUT2D eigenvalue weighted by molar-refractivity contribution is 7.99. The van der Waals surface area contributed by atoms with Gasteiger partial charge in [-0.2, -0.15) is 0 Å². The number of carbonyl (C=O) groups excluding carboxylic acids is 1. The van der Waals surface area contributed by atoms with Crippen molar-refractivity contribution in [2.45, 2.75) is 18.5 Å². The Kier molecular flexibility index (Phi) is 5.73. The number of nitrogens with zero attached hydrogens (tertiary/aromatic N) is 3. The Morgan fingerprint density at radius 1 is 1.24 bits per heavy atom. The molecule has 0 aliphatic rings. The largest absolute Gasteiger partial charge is 0.325 e. The third kappa shape index (κ3) is 4.41. The normalized spacial score (nSPS) is 10.6. The SMILES string of the molecule is CCc1ccccc1NC(=O)CSc1nncn1-c1cccc(Cl)c1. The number of amides is 1. The average molecular weight is 373 g/mol. The summed E-state index contributed by atoms with van der Waals surface area (Å²) in [6.45, 7) is 2.06. The molecular formula is C18H17ClN4OS. The Balaban J connectivity index is 1.66. The highest BCUT2D eigenvalue weighted by Gasteiger charge is 2.11. The van der Waals surface area contributed by atoms with Gasteiger partial charge in [-0.25, -0.2) is 0 Å². The third-order valence-electron chi connectivity index (χ3n) is 3.61. The summed E-state index contributed by atoms with van der Waals surface area (Å²) in [5.41, 5.74) is 2.83. The number of anilines is 1. The maximum absolute atomic E-state index is 12.3. The first-order valence-corrected chi connectivity index (χ1v) is 9.20. The molecule has 2 aromatic carbocycles. The molecule has 0 unspecified atom stereocenters. The molecule has 0 spiro atoms. The molecule has 0 fully saturated rings. The maximum Gasteiger partial charge on any atom is 0.234 e. The van der Waals surface area contributed by atoms with E-state index in [9.17, 15) is 4.79 Å². The van der Waals surface area contributed by atoms with E-state index in [0.29, 0.717) is 10.2 Å². The van der Waals surface area contributed by atoms with E-state index in [1.165, 1.54) is 11.8 Å². The molecule has 0 radical (unpaired) electrons. The van der Waals surface area contributed by atoms with Crippen LogP contribution in [0.4, 0.5) is 5.69 Å². The molecule has 3 rings (SSSR count). The fraction of sp³-hybridized carbons (Fsp3) is 0.167. The number of carbonyl (C=O) groups is 1. The minimum Gasteiger partial charge on any atom is -0.325 e. The van der Waals surface area contributed by atoms with Crippen LogP contribution in [0.25, 0.3) is 5.69 Å². The van der Waals surface area contributed by atoms with Crippen LogP contribution in [0, 0.1) is 0 Å². The van der Waals surface area contributed by atoms with Crippen molar-refractivity contribution in [3.63, 3.8) is 0 Å². The van der Waals surface area contributed by atoms with Gasteiger partial charge in [0.2, 0.25) is 5.91 Å². The van der Waals surface area contributed by atoms with E-state index in [1.54, 1.807) is 12.4 Å². The lowest BCUT2D eigenvalue weighted by atomic mass is 10.1. The third-order valence-corrected chi connectivity index (χ3v) is 4.79. The molecule has 1 N–H and O–H groups in total. The first kappa shape index (κ1) is 17.5. The van der Waals surface area contributed by atoms with Crippen molar-refractivity contribution in [2.24, 2.45) is 0 Å². The molecule has 0 aliphatic carbocycles. The van der Waals surface area contributed by atoms with Gasteiger partial charge in [0.15, 0.2) is 5.16 Å². The van der Waals surface area contributed by atoms with Crippen molar-refractivity contribution >= 4 is 35.0 Å². The number of aromatic nitrogens is 3. The number of nitrogens with one attached hydrogen (secondary N) is 1. The van der Waals surface area contributed by atoms with Crippen LogP contribution in [0.15, 0.2) is 60.0 Å². The standard InChI is InChI=1S/C18H17ClN4OS/c1-2-13-6-3-4-9-16(13)21-17(24)11-25-18-22-20-12-23(18)15-8-5-7-14(19)10-15/h3-10,12H,2,11H2,1H3,(H,21,24). The zero-order valence-electron chi connectivity index (χ0n) is 13.6.